The zero-order chi connectivity index (χ0) is 68.7. The second-order valence-corrected chi connectivity index (χ2v) is 31.0. The number of carbonyl (C=O) groups excluding carboxylic acids is 4. The van der Waals surface area contributed by atoms with Crippen LogP contribution in [0.1, 0.15) is 376 Å². The molecule has 0 aliphatic rings. The first-order valence-electron chi connectivity index (χ1n) is 38.3. The molecule has 0 aromatic rings. The molecular formula is C74H144O17P2. The number of unbranched alkanes of at least 4 members (excludes halogenated alkanes) is 40. The minimum Gasteiger partial charge on any atom is -0.462 e. The Morgan fingerprint density at radius 2 is 0.495 bits per heavy atom. The number of hydrogen-bond acceptors (Lipinski definition) is 15. The van der Waals surface area contributed by atoms with E-state index < -0.39 is 97.5 Å². The smallest absolute Gasteiger partial charge is 0.462 e. The average molecular weight is 1370 g/mol. The van der Waals surface area contributed by atoms with Crippen molar-refractivity contribution in [3.05, 3.63) is 0 Å². The van der Waals surface area contributed by atoms with Crippen molar-refractivity contribution in [3.63, 3.8) is 0 Å². The molecule has 0 radical (unpaired) electrons. The van der Waals surface area contributed by atoms with Crippen molar-refractivity contribution in [1.82, 2.24) is 0 Å². The van der Waals surface area contributed by atoms with Gasteiger partial charge in [0.1, 0.15) is 19.3 Å². The van der Waals surface area contributed by atoms with Gasteiger partial charge in [-0.2, -0.15) is 0 Å². The van der Waals surface area contributed by atoms with Crippen LogP contribution in [-0.2, 0) is 65.4 Å². The van der Waals surface area contributed by atoms with E-state index in [4.69, 9.17) is 37.0 Å². The molecule has 0 heterocycles. The summed E-state index contributed by atoms with van der Waals surface area (Å²) in [4.78, 5) is 72.7. The Morgan fingerprint density at radius 3 is 0.731 bits per heavy atom. The molecule has 0 saturated carbocycles. The molecule has 17 nitrogen and oxygen atoms in total. The van der Waals surface area contributed by atoms with Gasteiger partial charge in [0.05, 0.1) is 26.4 Å². The summed E-state index contributed by atoms with van der Waals surface area (Å²) < 4.78 is 68.5. The summed E-state index contributed by atoms with van der Waals surface area (Å²) in [5.41, 5.74) is 0. The van der Waals surface area contributed by atoms with Gasteiger partial charge in [0, 0.05) is 25.7 Å². The minimum absolute atomic E-state index is 0.105. The van der Waals surface area contributed by atoms with Gasteiger partial charge in [-0.3, -0.25) is 37.3 Å². The fraction of sp³-hybridized carbons (Fsp3) is 0.946. The highest BCUT2D eigenvalue weighted by Gasteiger charge is 2.30. The third-order valence-electron chi connectivity index (χ3n) is 17.1. The van der Waals surface area contributed by atoms with Gasteiger partial charge < -0.3 is 33.8 Å². The number of esters is 4. The Balaban J connectivity index is 5.25. The van der Waals surface area contributed by atoms with Gasteiger partial charge in [0.15, 0.2) is 12.2 Å². The zero-order valence-electron chi connectivity index (χ0n) is 60.7. The second-order valence-electron chi connectivity index (χ2n) is 28.1. The van der Waals surface area contributed by atoms with Crippen molar-refractivity contribution >= 4 is 39.5 Å². The van der Waals surface area contributed by atoms with Gasteiger partial charge in [0.25, 0.3) is 0 Å². The number of phosphoric acid groups is 2. The number of phosphoric ester groups is 2. The molecule has 0 spiro atoms. The SMILES string of the molecule is CCCCCCCCCCCCCC(=O)OC[C@H](COP(=O)(O)OC[C@H](O)COP(=O)(O)OC[C@@H](COC(=O)CCCCCCCCCCCCC(C)C)OC(=O)CCCCCCCCCCCCCCCCC(C)C)OC(=O)CCCCCCCCCCCC(C)C. The molecule has 0 fully saturated rings. The summed E-state index contributed by atoms with van der Waals surface area (Å²) in [7, 11) is -9.91. The number of ether oxygens (including phenoxy) is 4. The maximum Gasteiger partial charge on any atom is 0.472 e. The molecule has 93 heavy (non-hydrogen) atoms. The van der Waals surface area contributed by atoms with Gasteiger partial charge in [-0.15, -0.1) is 0 Å². The van der Waals surface area contributed by atoms with Crippen LogP contribution >= 0.6 is 15.6 Å². The molecule has 0 aromatic carbocycles. The summed E-state index contributed by atoms with van der Waals surface area (Å²) in [6.45, 7) is 11.9. The van der Waals surface area contributed by atoms with Gasteiger partial charge in [0.2, 0.25) is 0 Å². The Kier molecular flexibility index (Phi) is 63.4. The molecule has 0 aromatic heterocycles. The summed E-state index contributed by atoms with van der Waals surface area (Å²) in [6.07, 6.45) is 49.9. The third kappa shape index (κ3) is 68.4. The van der Waals surface area contributed by atoms with E-state index in [1.807, 2.05) is 0 Å². The highest BCUT2D eigenvalue weighted by molar-refractivity contribution is 7.47. The fourth-order valence-electron chi connectivity index (χ4n) is 11.2. The molecule has 0 amide bonds. The molecule has 0 saturated heterocycles. The van der Waals surface area contributed by atoms with Crippen LogP contribution in [0.3, 0.4) is 0 Å². The molecule has 3 N–H and O–H groups in total. The Morgan fingerprint density at radius 1 is 0.290 bits per heavy atom. The van der Waals surface area contributed by atoms with Crippen LogP contribution in [0.25, 0.3) is 0 Å². The molecule has 552 valence electrons. The van der Waals surface area contributed by atoms with Crippen molar-refractivity contribution in [2.75, 3.05) is 39.6 Å². The largest absolute Gasteiger partial charge is 0.472 e. The lowest BCUT2D eigenvalue weighted by molar-refractivity contribution is -0.161. The first kappa shape index (κ1) is 91.1. The van der Waals surface area contributed by atoms with Crippen molar-refractivity contribution in [2.45, 2.75) is 394 Å². The lowest BCUT2D eigenvalue weighted by Crippen LogP contribution is -2.30. The summed E-state index contributed by atoms with van der Waals surface area (Å²) >= 11 is 0. The number of rotatable bonds is 72. The maximum atomic E-state index is 13.1. The molecular weight excluding hydrogens is 1220 g/mol. The van der Waals surface area contributed by atoms with Gasteiger partial charge in [-0.1, -0.05) is 325 Å². The van der Waals surface area contributed by atoms with Gasteiger partial charge in [-0.05, 0) is 43.4 Å². The second kappa shape index (κ2) is 64.7. The number of carbonyl (C=O) groups is 4. The molecule has 0 bridgehead atoms. The maximum absolute atomic E-state index is 13.1. The van der Waals surface area contributed by atoms with Crippen LogP contribution in [-0.4, -0.2) is 96.7 Å². The van der Waals surface area contributed by atoms with E-state index in [1.54, 1.807) is 0 Å². The van der Waals surface area contributed by atoms with Crippen molar-refractivity contribution in [1.29, 1.82) is 0 Å². The van der Waals surface area contributed by atoms with Crippen molar-refractivity contribution < 1.29 is 80.2 Å². The van der Waals surface area contributed by atoms with Crippen LogP contribution in [0.2, 0.25) is 0 Å². The lowest BCUT2D eigenvalue weighted by atomic mass is 10.0. The quantitative estimate of drug-likeness (QED) is 0.0222. The summed E-state index contributed by atoms with van der Waals surface area (Å²) in [5.74, 6) is 0.170. The molecule has 19 heteroatoms. The highest BCUT2D eigenvalue weighted by atomic mass is 31.2. The highest BCUT2D eigenvalue weighted by Crippen LogP contribution is 2.45. The Labute approximate surface area is 568 Å². The zero-order valence-corrected chi connectivity index (χ0v) is 62.5. The summed E-state index contributed by atoms with van der Waals surface area (Å²) in [5, 5.41) is 10.6. The molecule has 0 aliphatic heterocycles. The van der Waals surface area contributed by atoms with Gasteiger partial charge >= 0.3 is 39.5 Å². The number of aliphatic hydroxyl groups excluding tert-OH is 1. The average Bonchev–Trinajstić information content (AvgIpc) is 2.38. The van der Waals surface area contributed by atoms with E-state index >= 15 is 0 Å². The normalized spacial score (nSPS) is 14.1. The number of aliphatic hydroxyl groups is 1. The molecule has 2 unspecified atom stereocenters. The Hall–Kier alpha value is -1.94. The van der Waals surface area contributed by atoms with E-state index in [9.17, 15) is 43.2 Å². The van der Waals surface area contributed by atoms with E-state index in [0.29, 0.717) is 25.7 Å². The first-order valence-corrected chi connectivity index (χ1v) is 41.3. The minimum atomic E-state index is -4.96. The molecule has 0 rings (SSSR count). The standard InChI is InChI=1S/C74H144O17P2/c1-8-9-10-11-12-13-18-27-34-41-48-55-71(76)84-62-70(91-74(79)58-51-44-37-30-23-26-33-40-47-54-67(6)7)64-89-93(82,83)87-60-68(75)59-86-92(80,81)88-63-69(61-85-72(77)56-49-42-35-28-22-21-25-32-39-46-53-66(4)5)90-73(78)57-50-43-36-29-20-17-15-14-16-19-24-31-38-45-52-65(2)3/h65-70,75H,8-64H2,1-7H3,(H,80,81)(H,82,83)/t68-,69-,70-/m1/s1. The predicted molar refractivity (Wildman–Crippen MR) is 377 cm³/mol. The van der Waals surface area contributed by atoms with Crippen molar-refractivity contribution in [2.24, 2.45) is 17.8 Å². The monoisotopic (exact) mass is 1370 g/mol. The Bertz CT molecular complexity index is 1820. The van der Waals surface area contributed by atoms with E-state index in [0.717, 1.165) is 108 Å². The fourth-order valence-corrected chi connectivity index (χ4v) is 12.8. The topological polar surface area (TPSA) is 237 Å². The third-order valence-corrected chi connectivity index (χ3v) is 19.0. The van der Waals surface area contributed by atoms with Crippen LogP contribution in [0, 0.1) is 17.8 Å². The molecule has 0 aliphatic carbocycles. The van der Waals surface area contributed by atoms with E-state index in [2.05, 4.69) is 48.5 Å². The van der Waals surface area contributed by atoms with Crippen LogP contribution in [0.5, 0.6) is 0 Å². The van der Waals surface area contributed by atoms with Crippen LogP contribution in [0.4, 0.5) is 0 Å². The summed E-state index contributed by atoms with van der Waals surface area (Å²) in [6, 6.07) is 0. The number of hydrogen-bond donors (Lipinski definition) is 3. The molecule has 5 atom stereocenters. The predicted octanol–water partition coefficient (Wildman–Crippen LogP) is 21.4. The van der Waals surface area contributed by atoms with Crippen LogP contribution < -0.4 is 0 Å². The van der Waals surface area contributed by atoms with Crippen LogP contribution in [0.15, 0.2) is 0 Å². The first-order chi connectivity index (χ1) is 44.7. The lowest BCUT2D eigenvalue weighted by Gasteiger charge is -2.21. The van der Waals surface area contributed by atoms with E-state index in [1.165, 1.54) is 186 Å². The van der Waals surface area contributed by atoms with E-state index in [-0.39, 0.29) is 25.7 Å². The van der Waals surface area contributed by atoms with Crippen molar-refractivity contribution in [3.8, 4) is 0 Å². The van der Waals surface area contributed by atoms with Gasteiger partial charge in [-0.25, -0.2) is 9.13 Å².